The largest absolute Gasteiger partial charge is 0.469 e. The van der Waals surface area contributed by atoms with E-state index in [0.29, 0.717) is 54.1 Å². The molecule has 180 valence electrons. The fourth-order valence-electron chi connectivity index (χ4n) is 8.86. The number of ether oxygens (including phenoxy) is 2. The fraction of sp³-hybridized carbons (Fsp3) is 0.889. The molecule has 5 heteroatoms. The van der Waals surface area contributed by atoms with Crippen LogP contribution in [0.5, 0.6) is 0 Å². The molecule has 0 aromatic heterocycles. The van der Waals surface area contributed by atoms with Gasteiger partial charge in [0.25, 0.3) is 0 Å². The topological polar surface area (TPSA) is 69.7 Å². The second kappa shape index (κ2) is 8.76. The molecule has 0 aromatic rings. The van der Waals surface area contributed by atoms with Crippen LogP contribution in [0, 0.1) is 46.3 Å². The highest BCUT2D eigenvalue weighted by Crippen LogP contribution is 2.67. The van der Waals surface area contributed by atoms with E-state index in [2.05, 4.69) is 20.8 Å². The van der Waals surface area contributed by atoms with E-state index in [-0.39, 0.29) is 28.9 Å². The number of hydrogen-bond donors (Lipinski definition) is 0. The van der Waals surface area contributed by atoms with Gasteiger partial charge in [-0.3, -0.25) is 14.4 Å². The lowest BCUT2D eigenvalue weighted by molar-refractivity contribution is -0.167. The Morgan fingerprint density at radius 2 is 1.84 bits per heavy atom. The molecule has 9 atom stereocenters. The summed E-state index contributed by atoms with van der Waals surface area (Å²) in [5, 5.41) is 0. The number of fused-ring (bicyclic) bond motifs is 5. The zero-order valence-electron chi connectivity index (χ0n) is 20.7. The molecule has 32 heavy (non-hydrogen) atoms. The molecule has 0 aromatic carbocycles. The molecule has 4 fully saturated rings. The summed E-state index contributed by atoms with van der Waals surface area (Å²) in [6.45, 7) is 8.43. The Labute approximate surface area is 193 Å². The summed E-state index contributed by atoms with van der Waals surface area (Å²) in [5.41, 5.74) is -0.0556. The number of hydrogen-bond acceptors (Lipinski definition) is 5. The van der Waals surface area contributed by atoms with Gasteiger partial charge in [0.2, 0.25) is 0 Å². The highest BCUT2D eigenvalue weighted by molar-refractivity contribution is 5.87. The highest BCUT2D eigenvalue weighted by atomic mass is 16.5. The van der Waals surface area contributed by atoms with Crippen molar-refractivity contribution in [3.05, 3.63) is 0 Å². The van der Waals surface area contributed by atoms with Crippen molar-refractivity contribution >= 4 is 17.7 Å². The number of rotatable bonds is 5. The Morgan fingerprint density at radius 3 is 2.53 bits per heavy atom. The van der Waals surface area contributed by atoms with E-state index in [1.165, 1.54) is 26.9 Å². The van der Waals surface area contributed by atoms with Gasteiger partial charge in [-0.15, -0.1) is 0 Å². The molecule has 4 rings (SSSR count). The first-order valence-corrected chi connectivity index (χ1v) is 12.9. The van der Waals surface area contributed by atoms with Crippen LogP contribution in [0.15, 0.2) is 0 Å². The van der Waals surface area contributed by atoms with Crippen molar-refractivity contribution < 1.29 is 23.9 Å². The Morgan fingerprint density at radius 1 is 1.09 bits per heavy atom. The predicted octanol–water partition coefficient (Wildman–Crippen LogP) is 5.35. The van der Waals surface area contributed by atoms with Crippen molar-refractivity contribution in [2.24, 2.45) is 46.3 Å². The minimum absolute atomic E-state index is 0.0539. The molecule has 5 nitrogen and oxygen atoms in total. The molecule has 4 saturated carbocycles. The van der Waals surface area contributed by atoms with Gasteiger partial charge in [-0.1, -0.05) is 20.8 Å². The SMILES string of the molecule is COC(=O)CC[C@@H](C)[C@H]1CC[C@H]2[C@@H]3CC[C@H]4C[C@H](OC(C)=O)CC[C@]4(C)[C@H]3CC(=O)[C@]12C. The van der Waals surface area contributed by atoms with Gasteiger partial charge >= 0.3 is 11.9 Å². The van der Waals surface area contributed by atoms with Gasteiger partial charge in [0.15, 0.2) is 0 Å². The second-order valence-corrected chi connectivity index (χ2v) is 11.8. The maximum Gasteiger partial charge on any atom is 0.305 e. The van der Waals surface area contributed by atoms with E-state index in [0.717, 1.165) is 38.5 Å². The Bertz CT molecular complexity index is 761. The van der Waals surface area contributed by atoms with Crippen LogP contribution in [0.3, 0.4) is 0 Å². The van der Waals surface area contributed by atoms with Crippen LogP contribution in [0.4, 0.5) is 0 Å². The zero-order valence-corrected chi connectivity index (χ0v) is 20.7. The van der Waals surface area contributed by atoms with E-state index in [1.54, 1.807) is 0 Å². The molecular weight excluding hydrogens is 404 g/mol. The molecule has 0 bridgehead atoms. The molecule has 0 aliphatic heterocycles. The summed E-state index contributed by atoms with van der Waals surface area (Å²) in [6, 6.07) is 0. The summed E-state index contributed by atoms with van der Waals surface area (Å²) in [5.74, 6) is 3.00. The number of Topliss-reactive ketones (excluding diaryl/α,β-unsaturated/α-hetero) is 1. The lowest BCUT2D eigenvalue weighted by Gasteiger charge is -2.60. The molecule has 4 aliphatic rings. The number of methoxy groups -OCH3 is 1. The highest BCUT2D eigenvalue weighted by Gasteiger charge is 2.64. The van der Waals surface area contributed by atoms with Crippen molar-refractivity contribution in [3.63, 3.8) is 0 Å². The van der Waals surface area contributed by atoms with Gasteiger partial charge in [0.1, 0.15) is 11.9 Å². The van der Waals surface area contributed by atoms with Gasteiger partial charge in [-0.25, -0.2) is 0 Å². The number of carbonyl (C=O) groups excluding carboxylic acids is 3. The quantitative estimate of drug-likeness (QED) is 0.533. The minimum atomic E-state index is -0.241. The Balaban J connectivity index is 1.50. The molecule has 0 amide bonds. The summed E-state index contributed by atoms with van der Waals surface area (Å²) in [7, 11) is 1.45. The zero-order chi connectivity index (χ0) is 23.3. The first-order chi connectivity index (χ1) is 15.1. The van der Waals surface area contributed by atoms with E-state index >= 15 is 0 Å². The number of esters is 2. The van der Waals surface area contributed by atoms with Crippen LogP contribution in [0.25, 0.3) is 0 Å². The third-order valence-electron chi connectivity index (χ3n) is 10.6. The van der Waals surface area contributed by atoms with Crippen LogP contribution in [-0.2, 0) is 23.9 Å². The average molecular weight is 447 g/mol. The van der Waals surface area contributed by atoms with Gasteiger partial charge < -0.3 is 9.47 Å². The predicted molar refractivity (Wildman–Crippen MR) is 122 cm³/mol. The maximum absolute atomic E-state index is 13.8. The molecular formula is C27H42O5. The molecule has 0 spiro atoms. The van der Waals surface area contributed by atoms with Crippen molar-refractivity contribution in [2.45, 2.75) is 98.0 Å². The van der Waals surface area contributed by atoms with Crippen LogP contribution >= 0.6 is 0 Å². The van der Waals surface area contributed by atoms with E-state index in [4.69, 9.17) is 9.47 Å². The minimum Gasteiger partial charge on any atom is -0.469 e. The standard InChI is InChI=1S/C27H42O5/c1-16(6-11-25(30)31-5)21-9-10-22-20-8-7-18-14-19(32-17(2)28)12-13-26(18,3)23(20)15-24(29)27(21,22)4/h16,18-23H,6-15H2,1-5H3/t16-,18+,19-,20+,21-,22+,23+,26+,27-/m1/s1. The third kappa shape index (κ3) is 3.81. The summed E-state index contributed by atoms with van der Waals surface area (Å²) in [4.78, 5) is 37.0. The van der Waals surface area contributed by atoms with Crippen LogP contribution < -0.4 is 0 Å². The van der Waals surface area contributed by atoms with Crippen molar-refractivity contribution in [2.75, 3.05) is 7.11 Å². The Kier molecular flexibility index (Phi) is 6.50. The molecule has 0 saturated heterocycles. The molecule has 0 unspecified atom stereocenters. The summed E-state index contributed by atoms with van der Waals surface area (Å²) < 4.78 is 10.4. The number of carbonyl (C=O) groups is 3. The third-order valence-corrected chi connectivity index (χ3v) is 10.6. The van der Waals surface area contributed by atoms with Gasteiger partial charge in [0.05, 0.1) is 7.11 Å². The summed E-state index contributed by atoms with van der Waals surface area (Å²) in [6.07, 6.45) is 9.61. The normalized spacial score (nSPS) is 44.1. The Hall–Kier alpha value is -1.39. The first-order valence-electron chi connectivity index (χ1n) is 12.9. The van der Waals surface area contributed by atoms with E-state index in [1.807, 2.05) is 0 Å². The van der Waals surface area contributed by atoms with Crippen molar-refractivity contribution in [1.82, 2.24) is 0 Å². The van der Waals surface area contributed by atoms with Crippen LogP contribution in [0.2, 0.25) is 0 Å². The average Bonchev–Trinajstić information content (AvgIpc) is 3.11. The molecule has 4 aliphatic carbocycles. The fourth-order valence-corrected chi connectivity index (χ4v) is 8.86. The second-order valence-electron chi connectivity index (χ2n) is 11.8. The van der Waals surface area contributed by atoms with Crippen LogP contribution in [0.1, 0.15) is 91.9 Å². The lowest BCUT2D eigenvalue weighted by atomic mass is 9.44. The van der Waals surface area contributed by atoms with E-state index in [9.17, 15) is 14.4 Å². The molecule has 0 radical (unpaired) electrons. The summed E-state index contributed by atoms with van der Waals surface area (Å²) >= 11 is 0. The lowest BCUT2D eigenvalue weighted by Crippen LogP contribution is -2.57. The molecule has 0 heterocycles. The van der Waals surface area contributed by atoms with Crippen molar-refractivity contribution in [3.8, 4) is 0 Å². The smallest absolute Gasteiger partial charge is 0.305 e. The number of ketones is 1. The maximum atomic E-state index is 13.8. The first kappa shape index (κ1) is 23.8. The van der Waals surface area contributed by atoms with Gasteiger partial charge in [0, 0.05) is 25.2 Å². The molecule has 0 N–H and O–H groups in total. The van der Waals surface area contributed by atoms with Crippen LogP contribution in [-0.4, -0.2) is 30.9 Å². The van der Waals surface area contributed by atoms with Gasteiger partial charge in [-0.2, -0.15) is 0 Å². The van der Waals surface area contributed by atoms with Gasteiger partial charge in [-0.05, 0) is 92.3 Å². The van der Waals surface area contributed by atoms with Crippen molar-refractivity contribution in [1.29, 1.82) is 0 Å². The monoisotopic (exact) mass is 446 g/mol. The van der Waals surface area contributed by atoms with E-state index < -0.39 is 0 Å².